The van der Waals surface area contributed by atoms with Crippen molar-refractivity contribution in [3.63, 3.8) is 0 Å². The lowest BCUT2D eigenvalue weighted by molar-refractivity contribution is 0.183. The van der Waals surface area contributed by atoms with Crippen LogP contribution in [0.15, 0.2) is 17.1 Å². The Morgan fingerprint density at radius 2 is 2.45 bits per heavy atom. The molecule has 2 unspecified atom stereocenters. The summed E-state index contributed by atoms with van der Waals surface area (Å²) in [7, 11) is 0. The van der Waals surface area contributed by atoms with Crippen molar-refractivity contribution in [1.29, 1.82) is 0 Å². The molecule has 1 N–H and O–H groups in total. The van der Waals surface area contributed by atoms with Crippen LogP contribution in [0.2, 0.25) is 0 Å². The molecule has 1 aliphatic heterocycles. The van der Waals surface area contributed by atoms with Gasteiger partial charge in [0.25, 0.3) is 0 Å². The lowest BCUT2D eigenvalue weighted by atomic mass is 10.2. The van der Waals surface area contributed by atoms with E-state index in [9.17, 15) is 0 Å². The largest absolute Gasteiger partial charge is 0.471 e. The molecule has 3 heteroatoms. The van der Waals surface area contributed by atoms with Gasteiger partial charge < -0.3 is 9.84 Å². The third-order valence-electron chi connectivity index (χ3n) is 1.60. The number of aliphatic hydroxyl groups excluding tert-OH is 1. The molecular formula is C8H13NO2. The van der Waals surface area contributed by atoms with Gasteiger partial charge in [-0.2, -0.15) is 0 Å². The van der Waals surface area contributed by atoms with Gasteiger partial charge in [-0.05, 0) is 13.0 Å². The Balaban J connectivity index is 2.58. The Morgan fingerprint density at radius 3 is 3.00 bits per heavy atom. The molecule has 1 aliphatic rings. The van der Waals surface area contributed by atoms with Crippen molar-refractivity contribution in [2.24, 2.45) is 4.99 Å². The molecule has 2 atom stereocenters. The summed E-state index contributed by atoms with van der Waals surface area (Å²) in [5, 5.41) is 8.86. The maximum atomic E-state index is 8.86. The molecular weight excluding hydrogens is 142 g/mol. The van der Waals surface area contributed by atoms with Crippen LogP contribution in [-0.4, -0.2) is 29.8 Å². The molecule has 3 nitrogen and oxygen atoms in total. The molecule has 0 saturated carbocycles. The van der Waals surface area contributed by atoms with Crippen LogP contribution in [0.25, 0.3) is 0 Å². The molecule has 0 spiro atoms. The summed E-state index contributed by atoms with van der Waals surface area (Å²) >= 11 is 0. The normalized spacial score (nSPS) is 30.6. The van der Waals surface area contributed by atoms with E-state index in [0.717, 1.165) is 0 Å². The quantitative estimate of drug-likeness (QED) is 0.597. The molecule has 1 rings (SSSR count). The van der Waals surface area contributed by atoms with E-state index in [1.54, 1.807) is 6.92 Å². The Hall–Kier alpha value is -0.830. The van der Waals surface area contributed by atoms with Crippen molar-refractivity contribution in [2.45, 2.75) is 26.0 Å². The predicted molar refractivity (Wildman–Crippen MR) is 43.7 cm³/mol. The van der Waals surface area contributed by atoms with Gasteiger partial charge in [0.05, 0.1) is 6.61 Å². The van der Waals surface area contributed by atoms with Crippen LogP contribution in [-0.2, 0) is 4.74 Å². The number of nitrogens with zero attached hydrogens (tertiary/aromatic N) is 1. The molecule has 0 bridgehead atoms. The number of rotatable bonds is 2. The summed E-state index contributed by atoms with van der Waals surface area (Å²) in [4.78, 5) is 4.10. The fourth-order valence-electron chi connectivity index (χ4n) is 1.11. The fourth-order valence-corrected chi connectivity index (χ4v) is 1.11. The molecule has 0 aromatic carbocycles. The van der Waals surface area contributed by atoms with Gasteiger partial charge >= 0.3 is 0 Å². The zero-order valence-electron chi connectivity index (χ0n) is 6.82. The van der Waals surface area contributed by atoms with E-state index in [4.69, 9.17) is 9.84 Å². The summed E-state index contributed by atoms with van der Waals surface area (Å²) in [6.45, 7) is 3.77. The monoisotopic (exact) mass is 155 g/mol. The number of allylic oxidation sites excluding steroid dienone is 1. The highest BCUT2D eigenvalue weighted by Crippen LogP contribution is 2.13. The standard InChI is InChI=1S/C8H13NO2/c1-3-4-8-7(5-10)9-6(2)11-8/h3-4,7-8,10H,5H2,1-2H3/b4-3+. The SMILES string of the molecule is C/C=C/C1OC(C)=NC1CO. The van der Waals surface area contributed by atoms with Crippen molar-refractivity contribution in [3.8, 4) is 0 Å². The highest BCUT2D eigenvalue weighted by Gasteiger charge is 2.25. The second kappa shape index (κ2) is 3.53. The lowest BCUT2D eigenvalue weighted by Crippen LogP contribution is -2.23. The molecule has 0 aromatic heterocycles. The number of hydrogen-bond donors (Lipinski definition) is 1. The van der Waals surface area contributed by atoms with Gasteiger partial charge in [-0.1, -0.05) is 6.08 Å². The number of ether oxygens (including phenoxy) is 1. The van der Waals surface area contributed by atoms with E-state index < -0.39 is 0 Å². The van der Waals surface area contributed by atoms with E-state index >= 15 is 0 Å². The molecule has 0 fully saturated rings. The van der Waals surface area contributed by atoms with Crippen molar-refractivity contribution >= 4 is 5.90 Å². The number of aliphatic hydroxyl groups is 1. The molecule has 62 valence electrons. The first-order valence-corrected chi connectivity index (χ1v) is 3.72. The summed E-state index contributed by atoms with van der Waals surface area (Å²) in [5.41, 5.74) is 0. The van der Waals surface area contributed by atoms with Crippen LogP contribution in [0, 0.1) is 0 Å². The zero-order valence-corrected chi connectivity index (χ0v) is 6.82. The topological polar surface area (TPSA) is 41.8 Å². The third-order valence-corrected chi connectivity index (χ3v) is 1.60. The lowest BCUT2D eigenvalue weighted by Gasteiger charge is -2.09. The Morgan fingerprint density at radius 1 is 1.73 bits per heavy atom. The summed E-state index contributed by atoms with van der Waals surface area (Å²) in [6.07, 6.45) is 3.74. The molecule has 1 heterocycles. The van der Waals surface area contributed by atoms with Crippen molar-refractivity contribution in [2.75, 3.05) is 6.61 Å². The highest BCUT2D eigenvalue weighted by atomic mass is 16.5. The smallest absolute Gasteiger partial charge is 0.181 e. The first kappa shape index (κ1) is 8.27. The minimum absolute atomic E-state index is 0.0480. The van der Waals surface area contributed by atoms with Crippen LogP contribution in [0.4, 0.5) is 0 Å². The minimum Gasteiger partial charge on any atom is -0.471 e. The van der Waals surface area contributed by atoms with Gasteiger partial charge in [-0.25, -0.2) is 4.99 Å². The Labute approximate surface area is 66.4 Å². The van der Waals surface area contributed by atoms with Gasteiger partial charge in [-0.3, -0.25) is 0 Å². The first-order valence-electron chi connectivity index (χ1n) is 3.72. The van der Waals surface area contributed by atoms with Gasteiger partial charge in [0, 0.05) is 6.92 Å². The van der Waals surface area contributed by atoms with Crippen LogP contribution in [0.5, 0.6) is 0 Å². The molecule has 0 aromatic rings. The average molecular weight is 155 g/mol. The second-order valence-corrected chi connectivity index (χ2v) is 2.51. The molecule has 11 heavy (non-hydrogen) atoms. The maximum absolute atomic E-state index is 8.86. The maximum Gasteiger partial charge on any atom is 0.181 e. The third kappa shape index (κ3) is 1.80. The molecule has 0 saturated heterocycles. The summed E-state index contributed by atoms with van der Waals surface area (Å²) in [5.74, 6) is 0.659. The number of hydrogen-bond acceptors (Lipinski definition) is 3. The Bertz CT molecular complexity index is 187. The van der Waals surface area contributed by atoms with Gasteiger partial charge in [0.2, 0.25) is 0 Å². The minimum atomic E-state index is -0.105. The van der Waals surface area contributed by atoms with Gasteiger partial charge in [-0.15, -0.1) is 0 Å². The van der Waals surface area contributed by atoms with Gasteiger partial charge in [0.15, 0.2) is 5.90 Å². The second-order valence-electron chi connectivity index (χ2n) is 2.51. The van der Waals surface area contributed by atoms with Crippen molar-refractivity contribution in [1.82, 2.24) is 0 Å². The molecule has 0 radical (unpaired) electrons. The van der Waals surface area contributed by atoms with Crippen LogP contribution in [0.1, 0.15) is 13.8 Å². The predicted octanol–water partition coefficient (Wildman–Crippen LogP) is 0.741. The van der Waals surface area contributed by atoms with E-state index in [1.807, 2.05) is 19.1 Å². The van der Waals surface area contributed by atoms with Crippen molar-refractivity contribution < 1.29 is 9.84 Å². The average Bonchev–Trinajstić information content (AvgIpc) is 2.32. The Kier molecular flexibility index (Phi) is 2.65. The summed E-state index contributed by atoms with van der Waals surface area (Å²) < 4.78 is 5.31. The van der Waals surface area contributed by atoms with Crippen molar-refractivity contribution in [3.05, 3.63) is 12.2 Å². The molecule has 0 aliphatic carbocycles. The van der Waals surface area contributed by atoms with Crippen LogP contribution in [0.3, 0.4) is 0 Å². The van der Waals surface area contributed by atoms with Crippen LogP contribution >= 0.6 is 0 Å². The van der Waals surface area contributed by atoms with Gasteiger partial charge in [0.1, 0.15) is 12.1 Å². The van der Waals surface area contributed by atoms with E-state index in [2.05, 4.69) is 4.99 Å². The van der Waals surface area contributed by atoms with Crippen LogP contribution < -0.4 is 0 Å². The highest BCUT2D eigenvalue weighted by molar-refractivity contribution is 5.75. The molecule has 0 amide bonds. The number of aliphatic imine (C=N–C) groups is 1. The fraction of sp³-hybridized carbons (Fsp3) is 0.625. The van der Waals surface area contributed by atoms with E-state index in [0.29, 0.717) is 5.90 Å². The van der Waals surface area contributed by atoms with E-state index in [1.165, 1.54) is 0 Å². The first-order chi connectivity index (χ1) is 5.27. The zero-order chi connectivity index (χ0) is 8.27. The van der Waals surface area contributed by atoms with E-state index in [-0.39, 0.29) is 18.8 Å². The summed E-state index contributed by atoms with van der Waals surface area (Å²) in [6, 6.07) is -0.105.